The molecule has 0 aliphatic carbocycles. The lowest BCUT2D eigenvalue weighted by molar-refractivity contribution is 0.0952. The Morgan fingerprint density at radius 3 is 2.48 bits per heavy atom. The molecule has 23 heavy (non-hydrogen) atoms. The summed E-state index contributed by atoms with van der Waals surface area (Å²) in [5, 5.41) is 2.80. The van der Waals surface area contributed by atoms with Crippen molar-refractivity contribution in [3.63, 3.8) is 0 Å². The van der Waals surface area contributed by atoms with E-state index in [2.05, 4.69) is 15.3 Å². The Morgan fingerprint density at radius 2 is 1.83 bits per heavy atom. The molecule has 2 N–H and O–H groups in total. The molecular formula is C18H16FN3O. The van der Waals surface area contributed by atoms with Crippen molar-refractivity contribution < 1.29 is 9.18 Å². The lowest BCUT2D eigenvalue weighted by atomic mass is 9.97. The minimum atomic E-state index is -0.293. The maximum Gasteiger partial charge on any atom is 0.268 e. The van der Waals surface area contributed by atoms with Gasteiger partial charge in [-0.25, -0.2) is 4.39 Å². The van der Waals surface area contributed by atoms with Crippen LogP contribution in [0.1, 0.15) is 17.4 Å². The smallest absolute Gasteiger partial charge is 0.268 e. The first-order valence-corrected chi connectivity index (χ1v) is 7.36. The van der Waals surface area contributed by atoms with Crippen molar-refractivity contribution in [2.75, 3.05) is 6.54 Å². The molecule has 116 valence electrons. The van der Waals surface area contributed by atoms with Gasteiger partial charge in [-0.05, 0) is 42.3 Å². The third-order valence-electron chi connectivity index (χ3n) is 3.57. The average molecular weight is 309 g/mol. The van der Waals surface area contributed by atoms with E-state index < -0.39 is 0 Å². The van der Waals surface area contributed by atoms with Crippen LogP contribution in [-0.2, 0) is 0 Å². The zero-order valence-electron chi connectivity index (χ0n) is 12.6. The van der Waals surface area contributed by atoms with E-state index in [1.165, 1.54) is 12.1 Å². The highest BCUT2D eigenvalue weighted by Gasteiger charge is 2.19. The van der Waals surface area contributed by atoms with Crippen molar-refractivity contribution in [1.82, 2.24) is 15.3 Å². The Hall–Kier alpha value is -2.95. The molecule has 0 spiro atoms. The predicted molar refractivity (Wildman–Crippen MR) is 87.4 cm³/mol. The summed E-state index contributed by atoms with van der Waals surface area (Å²) in [6, 6.07) is 9.90. The molecule has 3 rings (SSSR count). The molecule has 2 aromatic heterocycles. The molecule has 1 aromatic carbocycles. The van der Waals surface area contributed by atoms with E-state index in [9.17, 15) is 9.18 Å². The third-order valence-corrected chi connectivity index (χ3v) is 3.57. The second-order valence-corrected chi connectivity index (χ2v) is 5.05. The number of carbonyl (C=O) groups is 1. The SMILES string of the molecule is CCNC(=O)c1[nH]cc(-c2ccc(F)cc2)c1-c1ccncc1. The van der Waals surface area contributed by atoms with Crippen LogP contribution in [-0.4, -0.2) is 22.4 Å². The van der Waals surface area contributed by atoms with Crippen LogP contribution in [0.2, 0.25) is 0 Å². The summed E-state index contributed by atoms with van der Waals surface area (Å²) < 4.78 is 13.2. The molecule has 0 saturated carbocycles. The standard InChI is InChI=1S/C18H16FN3O/c1-2-21-18(23)17-16(13-7-9-20-10-8-13)15(11-22-17)12-3-5-14(19)6-4-12/h3-11,22H,2H2,1H3,(H,21,23). The monoisotopic (exact) mass is 309 g/mol. The molecule has 0 fully saturated rings. The Bertz CT molecular complexity index is 810. The summed E-state index contributed by atoms with van der Waals surface area (Å²) in [4.78, 5) is 19.4. The number of nitrogens with one attached hydrogen (secondary N) is 2. The molecule has 0 bridgehead atoms. The number of hydrogen-bond acceptors (Lipinski definition) is 2. The molecule has 0 unspecified atom stereocenters. The summed E-state index contributed by atoms with van der Waals surface area (Å²) in [5.41, 5.74) is 3.83. The van der Waals surface area contributed by atoms with Gasteiger partial charge in [0.2, 0.25) is 0 Å². The highest BCUT2D eigenvalue weighted by molar-refractivity contribution is 6.03. The summed E-state index contributed by atoms with van der Waals surface area (Å²) >= 11 is 0. The second-order valence-electron chi connectivity index (χ2n) is 5.05. The molecule has 0 radical (unpaired) electrons. The van der Waals surface area contributed by atoms with E-state index in [1.54, 1.807) is 30.7 Å². The van der Waals surface area contributed by atoms with Crippen LogP contribution in [0, 0.1) is 5.82 Å². The number of halogens is 1. The molecule has 1 amide bonds. The van der Waals surface area contributed by atoms with E-state index >= 15 is 0 Å². The van der Waals surface area contributed by atoms with Crippen LogP contribution in [0.3, 0.4) is 0 Å². The Morgan fingerprint density at radius 1 is 1.13 bits per heavy atom. The van der Waals surface area contributed by atoms with Crippen molar-refractivity contribution in [2.45, 2.75) is 6.92 Å². The van der Waals surface area contributed by atoms with Gasteiger partial charge in [0.05, 0.1) is 0 Å². The summed E-state index contributed by atoms with van der Waals surface area (Å²) in [6.45, 7) is 2.41. The fraction of sp³-hybridized carbons (Fsp3) is 0.111. The number of benzene rings is 1. The number of H-pyrrole nitrogens is 1. The van der Waals surface area contributed by atoms with Crippen molar-refractivity contribution in [3.8, 4) is 22.3 Å². The molecule has 5 heteroatoms. The number of pyridine rings is 1. The largest absolute Gasteiger partial charge is 0.356 e. The molecule has 0 aliphatic rings. The lowest BCUT2D eigenvalue weighted by Gasteiger charge is -2.08. The van der Waals surface area contributed by atoms with E-state index in [1.807, 2.05) is 19.1 Å². The molecule has 0 aliphatic heterocycles. The molecule has 2 heterocycles. The average Bonchev–Trinajstić information content (AvgIpc) is 3.01. The van der Waals surface area contributed by atoms with E-state index in [-0.39, 0.29) is 11.7 Å². The Labute approximate surface area is 133 Å². The van der Waals surface area contributed by atoms with Crippen molar-refractivity contribution in [3.05, 3.63) is 66.5 Å². The molecule has 4 nitrogen and oxygen atoms in total. The van der Waals surface area contributed by atoms with Gasteiger partial charge >= 0.3 is 0 Å². The van der Waals surface area contributed by atoms with Crippen LogP contribution >= 0.6 is 0 Å². The van der Waals surface area contributed by atoms with Crippen molar-refractivity contribution >= 4 is 5.91 Å². The van der Waals surface area contributed by atoms with Gasteiger partial charge in [0.15, 0.2) is 0 Å². The molecule has 3 aromatic rings. The topological polar surface area (TPSA) is 57.8 Å². The van der Waals surface area contributed by atoms with Crippen molar-refractivity contribution in [2.24, 2.45) is 0 Å². The first kappa shape index (κ1) is 15.0. The summed E-state index contributed by atoms with van der Waals surface area (Å²) in [7, 11) is 0. The number of aromatic nitrogens is 2. The maximum absolute atomic E-state index is 13.2. The van der Waals surface area contributed by atoms with Crippen LogP contribution in [0.25, 0.3) is 22.3 Å². The Kier molecular flexibility index (Phi) is 4.19. The van der Waals surface area contributed by atoms with E-state index in [0.717, 1.165) is 22.3 Å². The van der Waals surface area contributed by atoms with Gasteiger partial charge in [0, 0.05) is 36.3 Å². The maximum atomic E-state index is 13.2. The van der Waals surface area contributed by atoms with Gasteiger partial charge in [-0.2, -0.15) is 0 Å². The first-order valence-electron chi connectivity index (χ1n) is 7.36. The molecule has 0 saturated heterocycles. The van der Waals surface area contributed by atoms with Crippen LogP contribution in [0.15, 0.2) is 55.0 Å². The highest BCUT2D eigenvalue weighted by atomic mass is 19.1. The highest BCUT2D eigenvalue weighted by Crippen LogP contribution is 2.34. The summed E-state index contributed by atoms with van der Waals surface area (Å²) in [6.07, 6.45) is 5.13. The number of aromatic amines is 1. The fourth-order valence-electron chi connectivity index (χ4n) is 2.53. The number of rotatable bonds is 4. The van der Waals surface area contributed by atoms with Crippen LogP contribution in [0.5, 0.6) is 0 Å². The second kappa shape index (κ2) is 6.44. The van der Waals surface area contributed by atoms with Gasteiger partial charge < -0.3 is 10.3 Å². The van der Waals surface area contributed by atoms with Gasteiger partial charge in [0.25, 0.3) is 5.91 Å². The van der Waals surface area contributed by atoms with Crippen molar-refractivity contribution in [1.29, 1.82) is 0 Å². The number of amides is 1. The summed E-state index contributed by atoms with van der Waals surface area (Å²) in [5.74, 6) is -0.466. The number of hydrogen-bond donors (Lipinski definition) is 2. The first-order chi connectivity index (χ1) is 11.2. The van der Waals surface area contributed by atoms with Gasteiger partial charge in [-0.3, -0.25) is 9.78 Å². The predicted octanol–water partition coefficient (Wildman–Crippen LogP) is 3.63. The van der Waals surface area contributed by atoms with Gasteiger partial charge in [-0.1, -0.05) is 12.1 Å². The fourth-order valence-corrected chi connectivity index (χ4v) is 2.53. The third kappa shape index (κ3) is 2.99. The van der Waals surface area contributed by atoms with Gasteiger partial charge in [-0.15, -0.1) is 0 Å². The minimum absolute atomic E-state index is 0.173. The number of nitrogens with zero attached hydrogens (tertiary/aromatic N) is 1. The molecular weight excluding hydrogens is 293 g/mol. The quantitative estimate of drug-likeness (QED) is 0.773. The van der Waals surface area contributed by atoms with E-state index in [4.69, 9.17) is 0 Å². The zero-order chi connectivity index (χ0) is 16.2. The lowest BCUT2D eigenvalue weighted by Crippen LogP contribution is -2.23. The number of carbonyl (C=O) groups excluding carboxylic acids is 1. The normalized spacial score (nSPS) is 10.5. The van der Waals surface area contributed by atoms with Gasteiger partial charge in [0.1, 0.15) is 11.5 Å². The zero-order valence-corrected chi connectivity index (χ0v) is 12.6. The molecule has 0 atom stereocenters. The minimum Gasteiger partial charge on any atom is -0.356 e. The van der Waals surface area contributed by atoms with E-state index in [0.29, 0.717) is 12.2 Å². The van der Waals surface area contributed by atoms with Crippen LogP contribution < -0.4 is 5.32 Å². The van der Waals surface area contributed by atoms with Crippen LogP contribution in [0.4, 0.5) is 4.39 Å². The Balaban J connectivity index is 2.17.